The van der Waals surface area contributed by atoms with Crippen LogP contribution in [0.4, 0.5) is 0 Å². The number of rotatable bonds is 4. The Morgan fingerprint density at radius 3 is 2.61 bits per heavy atom. The van der Waals surface area contributed by atoms with E-state index >= 15 is 0 Å². The molecule has 0 bridgehead atoms. The lowest BCUT2D eigenvalue weighted by molar-refractivity contribution is 0.0250. The molecular weight excluding hydrogens is 290 g/mol. The third-order valence-corrected chi connectivity index (χ3v) is 4.55. The van der Waals surface area contributed by atoms with E-state index in [9.17, 15) is 4.79 Å². The maximum atomic E-state index is 13.1. The molecule has 1 amide bonds. The highest BCUT2D eigenvalue weighted by molar-refractivity contribution is 5.94. The summed E-state index contributed by atoms with van der Waals surface area (Å²) in [6.07, 6.45) is 3.40. The Bertz CT molecular complexity index is 657. The van der Waals surface area contributed by atoms with Crippen molar-refractivity contribution in [1.82, 2.24) is 4.90 Å². The largest absolute Gasteiger partial charge is 0.467 e. The molecule has 1 aromatic carbocycles. The molecule has 1 saturated heterocycles. The number of ether oxygens (including phenoxy) is 1. The molecule has 3 rings (SSSR count). The molecule has 1 aliphatic heterocycles. The summed E-state index contributed by atoms with van der Waals surface area (Å²) in [5.41, 5.74) is 3.08. The van der Waals surface area contributed by atoms with Gasteiger partial charge in [0, 0.05) is 24.8 Å². The van der Waals surface area contributed by atoms with Gasteiger partial charge in [-0.25, -0.2) is 0 Å². The first-order valence-electron chi connectivity index (χ1n) is 8.13. The normalized spacial score (nSPS) is 15.6. The summed E-state index contributed by atoms with van der Waals surface area (Å²) >= 11 is 0. The molecule has 122 valence electrons. The van der Waals surface area contributed by atoms with E-state index in [1.807, 2.05) is 42.2 Å². The van der Waals surface area contributed by atoms with E-state index in [0.717, 1.165) is 29.7 Å². The average Bonchev–Trinajstić information content (AvgIpc) is 3.08. The van der Waals surface area contributed by atoms with Crippen LogP contribution in [0.5, 0.6) is 0 Å². The molecule has 4 nitrogen and oxygen atoms in total. The number of carbonyl (C=O) groups excluding carboxylic acids is 1. The second-order valence-corrected chi connectivity index (χ2v) is 6.16. The summed E-state index contributed by atoms with van der Waals surface area (Å²) in [5, 5.41) is 0. The quantitative estimate of drug-likeness (QED) is 0.864. The fourth-order valence-electron chi connectivity index (χ4n) is 2.97. The molecule has 2 heterocycles. The van der Waals surface area contributed by atoms with Crippen LogP contribution in [0.2, 0.25) is 0 Å². The van der Waals surface area contributed by atoms with Crippen molar-refractivity contribution >= 4 is 5.91 Å². The van der Waals surface area contributed by atoms with Gasteiger partial charge in [0.1, 0.15) is 5.76 Å². The van der Waals surface area contributed by atoms with Crippen LogP contribution in [0, 0.1) is 13.8 Å². The van der Waals surface area contributed by atoms with Gasteiger partial charge in [-0.05, 0) is 62.1 Å². The smallest absolute Gasteiger partial charge is 0.254 e. The zero-order valence-corrected chi connectivity index (χ0v) is 13.7. The van der Waals surface area contributed by atoms with Crippen molar-refractivity contribution in [1.29, 1.82) is 0 Å². The van der Waals surface area contributed by atoms with E-state index in [-0.39, 0.29) is 11.9 Å². The Morgan fingerprint density at radius 2 is 1.96 bits per heavy atom. The third-order valence-electron chi connectivity index (χ3n) is 4.55. The van der Waals surface area contributed by atoms with E-state index in [1.165, 1.54) is 5.56 Å². The van der Waals surface area contributed by atoms with E-state index in [1.54, 1.807) is 6.26 Å². The van der Waals surface area contributed by atoms with Gasteiger partial charge in [0.15, 0.2) is 0 Å². The molecule has 4 heteroatoms. The summed E-state index contributed by atoms with van der Waals surface area (Å²) < 4.78 is 10.9. The first-order valence-corrected chi connectivity index (χ1v) is 8.13. The molecule has 1 aliphatic rings. The van der Waals surface area contributed by atoms with Crippen LogP contribution in [-0.2, 0) is 11.3 Å². The molecule has 0 aliphatic carbocycles. The van der Waals surface area contributed by atoms with Gasteiger partial charge in [-0.15, -0.1) is 0 Å². The summed E-state index contributed by atoms with van der Waals surface area (Å²) in [4.78, 5) is 15.0. The van der Waals surface area contributed by atoms with Gasteiger partial charge in [-0.2, -0.15) is 0 Å². The van der Waals surface area contributed by atoms with Crippen LogP contribution in [-0.4, -0.2) is 30.1 Å². The standard InChI is InChI=1S/C19H23NO3/c1-14-5-6-16(12-15(14)2)19(21)20(13-18-4-3-9-23-18)17-7-10-22-11-8-17/h3-6,9,12,17H,7-8,10-11,13H2,1-2H3. The number of carbonyl (C=O) groups is 1. The summed E-state index contributed by atoms with van der Waals surface area (Å²) in [5.74, 6) is 0.880. The van der Waals surface area contributed by atoms with Crippen molar-refractivity contribution in [3.05, 3.63) is 59.0 Å². The van der Waals surface area contributed by atoms with Crippen LogP contribution in [0.25, 0.3) is 0 Å². The zero-order chi connectivity index (χ0) is 16.2. The minimum absolute atomic E-state index is 0.0661. The van der Waals surface area contributed by atoms with Gasteiger partial charge in [-0.3, -0.25) is 4.79 Å². The maximum Gasteiger partial charge on any atom is 0.254 e. The molecule has 0 radical (unpaired) electrons. The summed E-state index contributed by atoms with van der Waals surface area (Å²) in [6, 6.07) is 9.88. The van der Waals surface area contributed by atoms with Crippen molar-refractivity contribution in [3.8, 4) is 0 Å². The average molecular weight is 313 g/mol. The fraction of sp³-hybridized carbons (Fsp3) is 0.421. The van der Waals surface area contributed by atoms with Crippen LogP contribution in [0.3, 0.4) is 0 Å². The predicted octanol–water partition coefficient (Wildman–Crippen LogP) is 3.72. The Kier molecular flexibility index (Phi) is 4.82. The van der Waals surface area contributed by atoms with E-state index in [2.05, 4.69) is 6.92 Å². The molecule has 0 atom stereocenters. The molecule has 2 aromatic rings. The van der Waals surface area contributed by atoms with Crippen molar-refractivity contribution in [3.63, 3.8) is 0 Å². The Morgan fingerprint density at radius 1 is 1.17 bits per heavy atom. The highest BCUT2D eigenvalue weighted by atomic mass is 16.5. The van der Waals surface area contributed by atoms with Crippen LogP contribution in [0.15, 0.2) is 41.0 Å². The number of nitrogens with zero attached hydrogens (tertiary/aromatic N) is 1. The SMILES string of the molecule is Cc1ccc(C(=O)N(Cc2ccco2)C2CCOCC2)cc1C. The van der Waals surface area contributed by atoms with Crippen molar-refractivity contribution in [2.45, 2.75) is 39.3 Å². The highest BCUT2D eigenvalue weighted by Crippen LogP contribution is 2.21. The number of amides is 1. The number of hydrogen-bond donors (Lipinski definition) is 0. The lowest BCUT2D eigenvalue weighted by Crippen LogP contribution is -2.43. The minimum Gasteiger partial charge on any atom is -0.467 e. The van der Waals surface area contributed by atoms with E-state index in [4.69, 9.17) is 9.15 Å². The number of benzene rings is 1. The van der Waals surface area contributed by atoms with E-state index < -0.39 is 0 Å². The zero-order valence-electron chi connectivity index (χ0n) is 13.7. The summed E-state index contributed by atoms with van der Waals surface area (Å²) in [7, 11) is 0. The number of furan rings is 1. The van der Waals surface area contributed by atoms with Gasteiger partial charge in [0.2, 0.25) is 0 Å². The lowest BCUT2D eigenvalue weighted by atomic mass is 10.0. The second kappa shape index (κ2) is 7.01. The van der Waals surface area contributed by atoms with Crippen LogP contribution >= 0.6 is 0 Å². The van der Waals surface area contributed by atoms with Crippen molar-refractivity contribution in [2.24, 2.45) is 0 Å². The molecule has 0 unspecified atom stereocenters. The monoisotopic (exact) mass is 313 g/mol. The first kappa shape index (κ1) is 15.8. The Labute approximate surface area is 137 Å². The first-order chi connectivity index (χ1) is 11.1. The molecule has 23 heavy (non-hydrogen) atoms. The Hall–Kier alpha value is -2.07. The van der Waals surface area contributed by atoms with Crippen LogP contribution in [0.1, 0.15) is 40.1 Å². The fourth-order valence-corrected chi connectivity index (χ4v) is 2.97. The molecule has 0 N–H and O–H groups in total. The molecule has 0 saturated carbocycles. The van der Waals surface area contributed by atoms with Gasteiger partial charge < -0.3 is 14.1 Å². The van der Waals surface area contributed by atoms with Gasteiger partial charge >= 0.3 is 0 Å². The van der Waals surface area contributed by atoms with Crippen LogP contribution < -0.4 is 0 Å². The number of hydrogen-bond acceptors (Lipinski definition) is 3. The van der Waals surface area contributed by atoms with E-state index in [0.29, 0.717) is 19.8 Å². The highest BCUT2D eigenvalue weighted by Gasteiger charge is 2.27. The maximum absolute atomic E-state index is 13.1. The van der Waals surface area contributed by atoms with Gasteiger partial charge in [-0.1, -0.05) is 6.07 Å². The van der Waals surface area contributed by atoms with Crippen molar-refractivity contribution < 1.29 is 13.9 Å². The lowest BCUT2D eigenvalue weighted by Gasteiger charge is -2.34. The van der Waals surface area contributed by atoms with Gasteiger partial charge in [0.25, 0.3) is 5.91 Å². The molecule has 1 aromatic heterocycles. The van der Waals surface area contributed by atoms with Gasteiger partial charge in [0.05, 0.1) is 12.8 Å². The molecule has 0 spiro atoms. The minimum atomic E-state index is 0.0661. The molecular formula is C19H23NO3. The second-order valence-electron chi connectivity index (χ2n) is 6.16. The summed E-state index contributed by atoms with van der Waals surface area (Å²) in [6.45, 7) is 6.02. The predicted molar refractivity (Wildman–Crippen MR) is 88.3 cm³/mol. The third kappa shape index (κ3) is 3.64. The molecule has 1 fully saturated rings. The van der Waals surface area contributed by atoms with Crippen molar-refractivity contribution in [2.75, 3.05) is 13.2 Å². The number of aryl methyl sites for hydroxylation is 2. The Balaban J connectivity index is 1.86. The topological polar surface area (TPSA) is 42.7 Å².